The predicted molar refractivity (Wildman–Crippen MR) is 81.2 cm³/mol. The van der Waals surface area contributed by atoms with Gasteiger partial charge in [-0.2, -0.15) is 0 Å². The first-order valence-corrected chi connectivity index (χ1v) is 7.64. The van der Waals surface area contributed by atoms with Crippen LogP contribution in [0, 0.1) is 0 Å². The van der Waals surface area contributed by atoms with Gasteiger partial charge in [0.25, 0.3) is 0 Å². The molecule has 1 aromatic carbocycles. The third-order valence-electron chi connectivity index (χ3n) is 4.25. The highest BCUT2D eigenvalue weighted by molar-refractivity contribution is 5.83. The molecule has 1 fully saturated rings. The molecule has 0 aliphatic carbocycles. The molecule has 2 heterocycles. The fraction of sp³-hybridized carbons (Fsp3) is 0.500. The monoisotopic (exact) mass is 320 g/mol. The number of aliphatic hydroxyl groups excluding tert-OH is 1. The van der Waals surface area contributed by atoms with Gasteiger partial charge in [0.1, 0.15) is 0 Å². The molecule has 3 rings (SSSR count). The SMILES string of the molecule is CC(=O)NCC(=O)N1CC[C@H](c2ccc3c(c2)OCO3)[C@@H](O)C1. The molecule has 2 aliphatic rings. The van der Waals surface area contributed by atoms with Crippen molar-refractivity contribution < 1.29 is 24.2 Å². The Hall–Kier alpha value is -2.28. The lowest BCUT2D eigenvalue weighted by molar-refractivity contribution is -0.135. The van der Waals surface area contributed by atoms with Crippen molar-refractivity contribution in [2.24, 2.45) is 0 Å². The molecule has 1 aromatic rings. The number of carbonyl (C=O) groups excluding carboxylic acids is 2. The van der Waals surface area contributed by atoms with Crippen molar-refractivity contribution in [1.82, 2.24) is 10.2 Å². The molecule has 0 spiro atoms. The molecular weight excluding hydrogens is 300 g/mol. The summed E-state index contributed by atoms with van der Waals surface area (Å²) < 4.78 is 10.7. The minimum atomic E-state index is -0.648. The van der Waals surface area contributed by atoms with Crippen LogP contribution in [-0.4, -0.2) is 54.4 Å². The number of nitrogens with one attached hydrogen (secondary N) is 1. The Bertz CT molecular complexity index is 618. The van der Waals surface area contributed by atoms with Gasteiger partial charge in [-0.3, -0.25) is 9.59 Å². The third-order valence-corrected chi connectivity index (χ3v) is 4.25. The number of hydrogen-bond donors (Lipinski definition) is 2. The molecule has 124 valence electrons. The van der Waals surface area contributed by atoms with Crippen LogP contribution in [0.15, 0.2) is 18.2 Å². The number of piperidine rings is 1. The summed E-state index contributed by atoms with van der Waals surface area (Å²) in [5.74, 6) is 0.942. The highest BCUT2D eigenvalue weighted by Crippen LogP contribution is 2.37. The summed E-state index contributed by atoms with van der Waals surface area (Å²) in [4.78, 5) is 24.5. The van der Waals surface area contributed by atoms with Gasteiger partial charge in [0.15, 0.2) is 11.5 Å². The number of ether oxygens (including phenoxy) is 2. The zero-order valence-electron chi connectivity index (χ0n) is 12.9. The zero-order valence-corrected chi connectivity index (χ0v) is 12.9. The van der Waals surface area contributed by atoms with Gasteiger partial charge in [-0.15, -0.1) is 0 Å². The minimum Gasteiger partial charge on any atom is -0.454 e. The fourth-order valence-electron chi connectivity index (χ4n) is 3.00. The second-order valence-electron chi connectivity index (χ2n) is 5.82. The molecule has 0 unspecified atom stereocenters. The Morgan fingerprint density at radius 2 is 2.13 bits per heavy atom. The highest BCUT2D eigenvalue weighted by atomic mass is 16.7. The number of aliphatic hydroxyl groups is 1. The second kappa shape index (κ2) is 6.45. The standard InChI is InChI=1S/C16H20N2O5/c1-10(19)17-7-16(21)18-5-4-12(13(20)8-18)11-2-3-14-15(6-11)23-9-22-14/h2-3,6,12-13,20H,4-5,7-9H2,1H3,(H,17,19)/t12-,13+/m1/s1. The molecule has 0 aromatic heterocycles. The Labute approximate surface area is 134 Å². The normalized spacial score (nSPS) is 22.8. The van der Waals surface area contributed by atoms with Crippen molar-refractivity contribution >= 4 is 11.8 Å². The van der Waals surface area contributed by atoms with E-state index in [0.29, 0.717) is 24.5 Å². The van der Waals surface area contributed by atoms with Gasteiger partial charge in [0.2, 0.25) is 18.6 Å². The zero-order chi connectivity index (χ0) is 16.4. The van der Waals surface area contributed by atoms with E-state index in [-0.39, 0.29) is 37.6 Å². The van der Waals surface area contributed by atoms with Crippen molar-refractivity contribution in [3.8, 4) is 11.5 Å². The number of hydrogen-bond acceptors (Lipinski definition) is 5. The van der Waals surface area contributed by atoms with Crippen LogP contribution in [0.3, 0.4) is 0 Å². The van der Waals surface area contributed by atoms with Crippen molar-refractivity contribution in [3.63, 3.8) is 0 Å². The topological polar surface area (TPSA) is 88.1 Å². The number of β-amino-alcohol motifs (C(OH)–C–C–N with tert-alkyl or cyclic N) is 1. The molecule has 2 N–H and O–H groups in total. The lowest BCUT2D eigenvalue weighted by Gasteiger charge is -2.36. The quantitative estimate of drug-likeness (QED) is 0.832. The molecule has 2 aliphatic heterocycles. The van der Waals surface area contributed by atoms with Crippen LogP contribution in [0.5, 0.6) is 11.5 Å². The number of fused-ring (bicyclic) bond motifs is 1. The van der Waals surface area contributed by atoms with E-state index in [1.54, 1.807) is 4.90 Å². The van der Waals surface area contributed by atoms with Gasteiger partial charge < -0.3 is 24.8 Å². The Morgan fingerprint density at radius 3 is 2.87 bits per heavy atom. The van der Waals surface area contributed by atoms with Crippen LogP contribution in [0.2, 0.25) is 0 Å². The van der Waals surface area contributed by atoms with E-state index in [2.05, 4.69) is 5.32 Å². The van der Waals surface area contributed by atoms with Crippen molar-refractivity contribution in [1.29, 1.82) is 0 Å². The summed E-state index contributed by atoms with van der Waals surface area (Å²) in [7, 11) is 0. The minimum absolute atomic E-state index is 0.0310. The first-order valence-electron chi connectivity index (χ1n) is 7.64. The number of benzene rings is 1. The van der Waals surface area contributed by atoms with Crippen LogP contribution in [-0.2, 0) is 9.59 Å². The maximum Gasteiger partial charge on any atom is 0.242 e. The molecule has 23 heavy (non-hydrogen) atoms. The van der Waals surface area contributed by atoms with E-state index >= 15 is 0 Å². The third kappa shape index (κ3) is 3.39. The first kappa shape index (κ1) is 15.6. The van der Waals surface area contributed by atoms with Gasteiger partial charge in [0, 0.05) is 25.9 Å². The van der Waals surface area contributed by atoms with Gasteiger partial charge in [0.05, 0.1) is 12.6 Å². The number of rotatable bonds is 3. The van der Waals surface area contributed by atoms with Crippen LogP contribution in [0.25, 0.3) is 0 Å². The maximum atomic E-state index is 12.0. The van der Waals surface area contributed by atoms with Gasteiger partial charge in [-0.1, -0.05) is 6.07 Å². The van der Waals surface area contributed by atoms with Crippen LogP contribution >= 0.6 is 0 Å². The summed E-state index contributed by atoms with van der Waals surface area (Å²) in [6, 6.07) is 5.67. The molecular formula is C16H20N2O5. The fourth-order valence-corrected chi connectivity index (χ4v) is 3.00. The summed E-state index contributed by atoms with van der Waals surface area (Å²) in [6.45, 7) is 2.37. The van der Waals surface area contributed by atoms with E-state index in [9.17, 15) is 14.7 Å². The van der Waals surface area contributed by atoms with Gasteiger partial charge >= 0.3 is 0 Å². The Kier molecular flexibility index (Phi) is 4.38. The average Bonchev–Trinajstić information content (AvgIpc) is 2.99. The summed E-state index contributed by atoms with van der Waals surface area (Å²) in [5.41, 5.74) is 0.982. The smallest absolute Gasteiger partial charge is 0.242 e. The average molecular weight is 320 g/mol. The molecule has 0 radical (unpaired) electrons. The lowest BCUT2D eigenvalue weighted by atomic mass is 9.87. The second-order valence-corrected chi connectivity index (χ2v) is 5.82. The summed E-state index contributed by atoms with van der Waals surface area (Å²) in [5, 5.41) is 12.9. The Balaban J connectivity index is 1.62. The first-order chi connectivity index (χ1) is 11.0. The van der Waals surface area contributed by atoms with Gasteiger partial charge in [-0.05, 0) is 24.1 Å². The Morgan fingerprint density at radius 1 is 1.35 bits per heavy atom. The van der Waals surface area contributed by atoms with E-state index < -0.39 is 6.10 Å². The summed E-state index contributed by atoms with van der Waals surface area (Å²) in [6.07, 6.45) is 0.0116. The van der Waals surface area contributed by atoms with E-state index in [0.717, 1.165) is 5.56 Å². The number of carbonyl (C=O) groups is 2. The van der Waals surface area contributed by atoms with E-state index in [1.165, 1.54) is 6.92 Å². The van der Waals surface area contributed by atoms with Crippen LogP contribution in [0.1, 0.15) is 24.8 Å². The molecule has 1 saturated heterocycles. The molecule has 7 nitrogen and oxygen atoms in total. The predicted octanol–water partition coefficient (Wildman–Crippen LogP) is 0.228. The largest absolute Gasteiger partial charge is 0.454 e. The van der Waals surface area contributed by atoms with Gasteiger partial charge in [-0.25, -0.2) is 0 Å². The number of amides is 2. The number of likely N-dealkylation sites (tertiary alicyclic amines) is 1. The van der Waals surface area contributed by atoms with Crippen molar-refractivity contribution in [2.75, 3.05) is 26.4 Å². The molecule has 0 bridgehead atoms. The molecule has 7 heteroatoms. The molecule has 2 amide bonds. The molecule has 2 atom stereocenters. The van der Waals surface area contributed by atoms with Crippen molar-refractivity contribution in [2.45, 2.75) is 25.4 Å². The van der Waals surface area contributed by atoms with Crippen LogP contribution in [0.4, 0.5) is 0 Å². The van der Waals surface area contributed by atoms with Crippen molar-refractivity contribution in [3.05, 3.63) is 23.8 Å². The lowest BCUT2D eigenvalue weighted by Crippen LogP contribution is -2.48. The highest BCUT2D eigenvalue weighted by Gasteiger charge is 2.31. The van der Waals surface area contributed by atoms with E-state index in [1.807, 2.05) is 18.2 Å². The van der Waals surface area contributed by atoms with E-state index in [4.69, 9.17) is 9.47 Å². The molecule has 0 saturated carbocycles. The summed E-state index contributed by atoms with van der Waals surface area (Å²) >= 11 is 0. The number of nitrogens with zero attached hydrogens (tertiary/aromatic N) is 1. The maximum absolute atomic E-state index is 12.0. The van der Waals surface area contributed by atoms with Crippen LogP contribution < -0.4 is 14.8 Å².